The molecule has 0 radical (unpaired) electrons. The molecule has 168 valence electrons. The van der Waals surface area contributed by atoms with Gasteiger partial charge in [0.25, 0.3) is 0 Å². The maximum absolute atomic E-state index is 12.8. The summed E-state index contributed by atoms with van der Waals surface area (Å²) in [7, 11) is 3.87. The quantitative estimate of drug-likeness (QED) is 0.624. The Morgan fingerprint density at radius 1 is 1.03 bits per heavy atom. The maximum Gasteiger partial charge on any atom is 0.225 e. The first kappa shape index (κ1) is 20.3. The van der Waals surface area contributed by atoms with E-state index in [1.807, 2.05) is 43.4 Å². The maximum atomic E-state index is 12.8. The van der Waals surface area contributed by atoms with Crippen molar-refractivity contribution in [1.82, 2.24) is 20.3 Å². The highest BCUT2D eigenvalue weighted by Crippen LogP contribution is 2.69. The Morgan fingerprint density at radius 2 is 1.79 bits per heavy atom. The van der Waals surface area contributed by atoms with E-state index in [0.717, 1.165) is 39.9 Å². The van der Waals surface area contributed by atoms with Gasteiger partial charge in [-0.1, -0.05) is 30.3 Å². The molecule has 1 aromatic carbocycles. The molecule has 6 heteroatoms. The van der Waals surface area contributed by atoms with Gasteiger partial charge >= 0.3 is 0 Å². The van der Waals surface area contributed by atoms with Gasteiger partial charge in [0.15, 0.2) is 0 Å². The third kappa shape index (κ3) is 3.58. The number of hydrogen-bond acceptors (Lipinski definition) is 5. The van der Waals surface area contributed by atoms with Crippen LogP contribution in [0.15, 0.2) is 54.9 Å². The first-order valence-corrected chi connectivity index (χ1v) is 11.9. The average molecular weight is 440 g/mol. The van der Waals surface area contributed by atoms with Crippen molar-refractivity contribution < 1.29 is 4.79 Å². The van der Waals surface area contributed by atoms with Gasteiger partial charge in [-0.3, -0.25) is 9.78 Å². The summed E-state index contributed by atoms with van der Waals surface area (Å²) >= 11 is 0. The van der Waals surface area contributed by atoms with Crippen LogP contribution >= 0.6 is 0 Å². The second-order valence-corrected chi connectivity index (χ2v) is 9.97. The Balaban J connectivity index is 1.19. The van der Waals surface area contributed by atoms with Crippen LogP contribution in [0.5, 0.6) is 0 Å². The Bertz CT molecular complexity index is 1160. The molecule has 6 nitrogen and oxygen atoms in total. The lowest BCUT2D eigenvalue weighted by atomic mass is 10.0. The molecule has 2 heterocycles. The molecular formula is C27H29N5O. The highest BCUT2D eigenvalue weighted by Gasteiger charge is 2.67. The molecule has 3 aromatic rings. The van der Waals surface area contributed by atoms with Crippen molar-refractivity contribution in [3.8, 4) is 22.5 Å². The lowest BCUT2D eigenvalue weighted by Gasteiger charge is -2.15. The number of nitrogens with zero attached hydrogens (tertiary/aromatic N) is 4. The van der Waals surface area contributed by atoms with Gasteiger partial charge in [-0.2, -0.15) is 0 Å². The lowest BCUT2D eigenvalue weighted by molar-refractivity contribution is -0.123. The summed E-state index contributed by atoms with van der Waals surface area (Å²) in [6.45, 7) is 0.574. The molecule has 1 unspecified atom stereocenters. The highest BCUT2D eigenvalue weighted by atomic mass is 16.2. The number of nitrogens with one attached hydrogen (secondary N) is 1. The molecule has 0 spiro atoms. The normalized spacial score (nSPS) is 26.7. The van der Waals surface area contributed by atoms with Crippen LogP contribution in [0.2, 0.25) is 0 Å². The fourth-order valence-electron chi connectivity index (χ4n) is 6.28. The molecule has 3 aliphatic carbocycles. The van der Waals surface area contributed by atoms with Gasteiger partial charge in [-0.15, -0.1) is 0 Å². The van der Waals surface area contributed by atoms with Gasteiger partial charge in [0, 0.05) is 50.1 Å². The number of pyridine rings is 1. The number of carbonyl (C=O) groups excluding carboxylic acids is 1. The Morgan fingerprint density at radius 3 is 2.45 bits per heavy atom. The molecule has 0 aliphatic heterocycles. The van der Waals surface area contributed by atoms with Crippen molar-refractivity contribution in [2.24, 2.45) is 29.6 Å². The Labute approximate surface area is 194 Å². The van der Waals surface area contributed by atoms with Gasteiger partial charge in [-0.25, -0.2) is 9.97 Å². The fraction of sp³-hybridized carbons (Fsp3) is 0.407. The Kier molecular flexibility index (Phi) is 4.89. The van der Waals surface area contributed by atoms with Gasteiger partial charge in [-0.05, 0) is 60.6 Å². The number of rotatable bonds is 6. The summed E-state index contributed by atoms with van der Waals surface area (Å²) in [5.41, 5.74) is 4.70. The number of carbonyl (C=O) groups is 1. The largest absolute Gasteiger partial charge is 0.352 e. The second kappa shape index (κ2) is 7.94. The van der Waals surface area contributed by atoms with Crippen LogP contribution in [0.4, 0.5) is 5.95 Å². The number of benzene rings is 1. The minimum atomic E-state index is 0.259. The van der Waals surface area contributed by atoms with Gasteiger partial charge in [0.2, 0.25) is 11.9 Å². The van der Waals surface area contributed by atoms with E-state index in [1.165, 1.54) is 19.3 Å². The van der Waals surface area contributed by atoms with Crippen LogP contribution < -0.4 is 10.2 Å². The zero-order valence-corrected chi connectivity index (χ0v) is 19.1. The van der Waals surface area contributed by atoms with E-state index in [9.17, 15) is 4.79 Å². The molecule has 2 aromatic heterocycles. The topological polar surface area (TPSA) is 71.0 Å². The monoisotopic (exact) mass is 439 g/mol. The summed E-state index contributed by atoms with van der Waals surface area (Å²) in [5, 5.41) is 3.20. The van der Waals surface area contributed by atoms with E-state index >= 15 is 0 Å². The highest BCUT2D eigenvalue weighted by molar-refractivity contribution is 5.83. The van der Waals surface area contributed by atoms with E-state index in [2.05, 4.69) is 39.6 Å². The van der Waals surface area contributed by atoms with Gasteiger partial charge in [0.1, 0.15) is 0 Å². The minimum absolute atomic E-state index is 0.259. The first-order valence-electron chi connectivity index (χ1n) is 11.9. The SMILES string of the molecule is CN(C)c1ncc(-c2ccccn2)c(-c2ccc(CNC(=O)C3[C@@H]4[C@H]5CC[C@@H](C5)[C@H]34)cc2)n1. The van der Waals surface area contributed by atoms with Crippen molar-refractivity contribution in [2.75, 3.05) is 19.0 Å². The molecule has 3 fully saturated rings. The van der Waals surface area contributed by atoms with Crippen LogP contribution in [-0.2, 0) is 11.3 Å². The molecular weight excluding hydrogens is 410 g/mol. The molecule has 1 N–H and O–H groups in total. The summed E-state index contributed by atoms with van der Waals surface area (Å²) in [4.78, 5) is 28.5. The van der Waals surface area contributed by atoms with Gasteiger partial charge < -0.3 is 10.2 Å². The summed E-state index contributed by atoms with van der Waals surface area (Å²) in [6.07, 6.45) is 7.68. The van der Waals surface area contributed by atoms with Crippen LogP contribution in [0.25, 0.3) is 22.5 Å². The predicted molar refractivity (Wildman–Crippen MR) is 128 cm³/mol. The summed E-state index contributed by atoms with van der Waals surface area (Å²) in [5.74, 6) is 4.20. The van der Waals surface area contributed by atoms with Crippen molar-refractivity contribution in [3.05, 3.63) is 60.4 Å². The van der Waals surface area contributed by atoms with Crippen LogP contribution in [-0.4, -0.2) is 35.0 Å². The van der Waals surface area contributed by atoms with Crippen LogP contribution in [0.3, 0.4) is 0 Å². The zero-order valence-electron chi connectivity index (χ0n) is 19.1. The second-order valence-electron chi connectivity index (χ2n) is 9.97. The lowest BCUT2D eigenvalue weighted by Crippen LogP contribution is -2.27. The molecule has 33 heavy (non-hydrogen) atoms. The smallest absolute Gasteiger partial charge is 0.225 e. The van der Waals surface area contributed by atoms with E-state index in [0.29, 0.717) is 24.3 Å². The summed E-state index contributed by atoms with van der Waals surface area (Å²) < 4.78 is 0. The van der Waals surface area contributed by atoms with E-state index in [1.54, 1.807) is 6.20 Å². The molecule has 6 rings (SSSR count). The van der Waals surface area contributed by atoms with E-state index in [4.69, 9.17) is 4.98 Å². The first-order chi connectivity index (χ1) is 16.1. The number of anilines is 1. The van der Waals surface area contributed by atoms with E-state index < -0.39 is 0 Å². The minimum Gasteiger partial charge on any atom is -0.352 e. The van der Waals surface area contributed by atoms with Gasteiger partial charge in [0.05, 0.1) is 11.4 Å². The molecule has 1 amide bonds. The van der Waals surface area contributed by atoms with Crippen molar-refractivity contribution >= 4 is 11.9 Å². The zero-order chi connectivity index (χ0) is 22.5. The fourth-order valence-corrected chi connectivity index (χ4v) is 6.28. The standard InChI is InChI=1S/C27H29N5O/c1-32(2)27-30-15-20(21-5-3-4-12-28-21)25(31-27)17-8-6-16(7-9-17)14-29-26(33)24-22-18-10-11-19(13-18)23(22)24/h3-9,12,15,18-19,22-24H,10-11,13-14H2,1-2H3,(H,29,33)/t18-,19-,22-,23+,24?/m0/s1. The molecule has 3 aliphatic rings. The van der Waals surface area contributed by atoms with Crippen molar-refractivity contribution in [2.45, 2.75) is 25.8 Å². The van der Waals surface area contributed by atoms with Crippen molar-refractivity contribution in [3.63, 3.8) is 0 Å². The Hall–Kier alpha value is -3.28. The molecule has 0 saturated heterocycles. The number of amides is 1. The molecule has 2 bridgehead atoms. The molecule has 3 saturated carbocycles. The third-order valence-electron chi connectivity index (χ3n) is 7.85. The number of aromatic nitrogens is 3. The predicted octanol–water partition coefficient (Wildman–Crippen LogP) is 4.18. The van der Waals surface area contributed by atoms with E-state index in [-0.39, 0.29) is 11.8 Å². The number of fused-ring (bicyclic) bond motifs is 5. The van der Waals surface area contributed by atoms with Crippen LogP contribution in [0.1, 0.15) is 24.8 Å². The number of hydrogen-bond donors (Lipinski definition) is 1. The molecule has 5 atom stereocenters. The average Bonchev–Trinajstić information content (AvgIpc) is 3.29. The summed E-state index contributed by atoms with van der Waals surface area (Å²) in [6, 6.07) is 14.1. The van der Waals surface area contributed by atoms with Crippen molar-refractivity contribution in [1.29, 1.82) is 0 Å². The third-order valence-corrected chi connectivity index (χ3v) is 7.85. The van der Waals surface area contributed by atoms with Crippen LogP contribution in [0, 0.1) is 29.6 Å².